The fourth-order valence-corrected chi connectivity index (χ4v) is 2.07. The minimum absolute atomic E-state index is 0.0778. The lowest BCUT2D eigenvalue weighted by Gasteiger charge is -2.17. The van der Waals surface area contributed by atoms with Crippen LogP contribution in [-0.2, 0) is 4.79 Å². The van der Waals surface area contributed by atoms with Crippen LogP contribution in [0.3, 0.4) is 0 Å². The highest BCUT2D eigenvalue weighted by Crippen LogP contribution is 2.18. The first-order valence-corrected chi connectivity index (χ1v) is 7.55. The zero-order chi connectivity index (χ0) is 17.5. The first-order valence-electron chi connectivity index (χ1n) is 7.55. The average molecular weight is 331 g/mol. The van der Waals surface area contributed by atoms with Crippen molar-refractivity contribution >= 4 is 5.91 Å². The van der Waals surface area contributed by atoms with Crippen LogP contribution in [0.2, 0.25) is 0 Å². The summed E-state index contributed by atoms with van der Waals surface area (Å²) in [5.41, 5.74) is 0.684. The summed E-state index contributed by atoms with van der Waals surface area (Å²) in [5, 5.41) is 22.0. The van der Waals surface area contributed by atoms with E-state index in [-0.39, 0.29) is 18.2 Å². The molecule has 6 heteroatoms. The van der Waals surface area contributed by atoms with Crippen molar-refractivity contribution < 1.29 is 24.5 Å². The molecule has 2 unspecified atom stereocenters. The van der Waals surface area contributed by atoms with Gasteiger partial charge in [0, 0.05) is 6.54 Å². The SMILES string of the molecule is COc1ccc(C(O)CNC(=O)C(C)Oc2ccc(O)cc2)cc1. The van der Waals surface area contributed by atoms with E-state index in [4.69, 9.17) is 9.47 Å². The van der Waals surface area contributed by atoms with Gasteiger partial charge in [-0.05, 0) is 48.9 Å². The summed E-state index contributed by atoms with van der Waals surface area (Å²) in [5.74, 6) is 0.967. The number of carbonyl (C=O) groups is 1. The molecule has 2 aromatic carbocycles. The number of carbonyl (C=O) groups excluding carboxylic acids is 1. The number of aliphatic hydroxyl groups excluding tert-OH is 1. The van der Waals surface area contributed by atoms with E-state index in [1.807, 2.05) is 0 Å². The second kappa shape index (κ2) is 8.21. The molecule has 2 aromatic rings. The standard InChI is InChI=1S/C18H21NO5/c1-12(24-16-9-5-14(20)6-10-16)18(22)19-11-17(21)13-3-7-15(23-2)8-4-13/h3-10,12,17,20-21H,11H2,1-2H3,(H,19,22). The van der Waals surface area contributed by atoms with Crippen molar-refractivity contribution in [2.75, 3.05) is 13.7 Å². The molecular weight excluding hydrogens is 310 g/mol. The Morgan fingerprint density at radius 2 is 1.67 bits per heavy atom. The molecule has 0 aliphatic carbocycles. The molecule has 0 radical (unpaired) electrons. The summed E-state index contributed by atoms with van der Waals surface area (Å²) >= 11 is 0. The van der Waals surface area contributed by atoms with Gasteiger partial charge in [0.15, 0.2) is 6.10 Å². The van der Waals surface area contributed by atoms with E-state index < -0.39 is 12.2 Å². The first-order chi connectivity index (χ1) is 11.5. The number of ether oxygens (including phenoxy) is 2. The second-order valence-corrected chi connectivity index (χ2v) is 5.29. The van der Waals surface area contributed by atoms with Crippen molar-refractivity contribution in [3.05, 3.63) is 54.1 Å². The third kappa shape index (κ3) is 4.89. The van der Waals surface area contributed by atoms with E-state index in [0.717, 1.165) is 0 Å². The zero-order valence-electron chi connectivity index (χ0n) is 13.6. The maximum Gasteiger partial charge on any atom is 0.260 e. The van der Waals surface area contributed by atoms with Crippen molar-refractivity contribution in [1.29, 1.82) is 0 Å². The van der Waals surface area contributed by atoms with Crippen LogP contribution < -0.4 is 14.8 Å². The van der Waals surface area contributed by atoms with Crippen molar-refractivity contribution in [3.63, 3.8) is 0 Å². The average Bonchev–Trinajstić information content (AvgIpc) is 2.61. The molecular formula is C18H21NO5. The Balaban J connectivity index is 1.83. The molecule has 128 valence electrons. The lowest BCUT2D eigenvalue weighted by molar-refractivity contribution is -0.127. The summed E-state index contributed by atoms with van der Waals surface area (Å²) in [6, 6.07) is 13.1. The Hall–Kier alpha value is -2.73. The number of nitrogens with one attached hydrogen (secondary N) is 1. The van der Waals surface area contributed by atoms with Gasteiger partial charge in [-0.2, -0.15) is 0 Å². The number of rotatable bonds is 7. The molecule has 0 fully saturated rings. The summed E-state index contributed by atoms with van der Waals surface area (Å²) in [6.45, 7) is 1.69. The number of aromatic hydroxyl groups is 1. The third-order valence-corrected chi connectivity index (χ3v) is 3.49. The first kappa shape index (κ1) is 17.6. The maximum atomic E-state index is 12.0. The molecule has 0 aliphatic heterocycles. The highest BCUT2D eigenvalue weighted by Gasteiger charge is 2.16. The van der Waals surface area contributed by atoms with Crippen molar-refractivity contribution in [1.82, 2.24) is 5.32 Å². The molecule has 0 heterocycles. The van der Waals surface area contributed by atoms with Gasteiger partial charge < -0.3 is 25.0 Å². The van der Waals surface area contributed by atoms with E-state index in [1.165, 1.54) is 12.1 Å². The summed E-state index contributed by atoms with van der Waals surface area (Å²) in [7, 11) is 1.57. The van der Waals surface area contributed by atoms with Gasteiger partial charge in [0.05, 0.1) is 13.2 Å². The van der Waals surface area contributed by atoms with Gasteiger partial charge in [0.25, 0.3) is 5.91 Å². The van der Waals surface area contributed by atoms with Crippen LogP contribution in [0.25, 0.3) is 0 Å². The smallest absolute Gasteiger partial charge is 0.260 e. The van der Waals surface area contributed by atoms with Crippen LogP contribution in [0.15, 0.2) is 48.5 Å². The summed E-state index contributed by atoms with van der Waals surface area (Å²) < 4.78 is 10.5. The van der Waals surface area contributed by atoms with E-state index in [1.54, 1.807) is 50.4 Å². The highest BCUT2D eigenvalue weighted by atomic mass is 16.5. The Morgan fingerprint density at radius 3 is 2.25 bits per heavy atom. The van der Waals surface area contributed by atoms with Gasteiger partial charge >= 0.3 is 0 Å². The van der Waals surface area contributed by atoms with Gasteiger partial charge in [-0.25, -0.2) is 0 Å². The zero-order valence-corrected chi connectivity index (χ0v) is 13.6. The molecule has 2 atom stereocenters. The number of aliphatic hydroxyl groups is 1. The van der Waals surface area contributed by atoms with Crippen LogP contribution in [-0.4, -0.2) is 35.9 Å². The third-order valence-electron chi connectivity index (χ3n) is 3.49. The van der Waals surface area contributed by atoms with E-state index in [9.17, 15) is 15.0 Å². The molecule has 1 amide bonds. The Morgan fingerprint density at radius 1 is 1.08 bits per heavy atom. The van der Waals surface area contributed by atoms with Gasteiger partial charge in [0.1, 0.15) is 17.2 Å². The maximum absolute atomic E-state index is 12.0. The predicted octanol–water partition coefficient (Wildman–Crippen LogP) is 2.02. The molecule has 0 spiro atoms. The number of phenolic OH excluding ortho intramolecular Hbond substituents is 1. The van der Waals surface area contributed by atoms with Crippen molar-refractivity contribution in [3.8, 4) is 17.2 Å². The minimum Gasteiger partial charge on any atom is -0.508 e. The van der Waals surface area contributed by atoms with Crippen LogP contribution in [0.1, 0.15) is 18.6 Å². The topological polar surface area (TPSA) is 88.0 Å². The monoisotopic (exact) mass is 331 g/mol. The van der Waals surface area contributed by atoms with Gasteiger partial charge in [0.2, 0.25) is 0 Å². The number of phenols is 1. The molecule has 6 nitrogen and oxygen atoms in total. The van der Waals surface area contributed by atoms with Crippen LogP contribution in [0.5, 0.6) is 17.2 Å². The Bertz CT molecular complexity index is 654. The van der Waals surface area contributed by atoms with Gasteiger partial charge in [-0.15, -0.1) is 0 Å². The Kier molecular flexibility index (Phi) is 6.03. The molecule has 3 N–H and O–H groups in total. The molecule has 0 aliphatic rings. The highest BCUT2D eigenvalue weighted by molar-refractivity contribution is 5.80. The minimum atomic E-state index is -0.819. The molecule has 0 aromatic heterocycles. The summed E-state index contributed by atoms with van der Waals surface area (Å²) in [6.07, 6.45) is -1.54. The number of amides is 1. The number of methoxy groups -OCH3 is 1. The fourth-order valence-electron chi connectivity index (χ4n) is 2.07. The van der Waals surface area contributed by atoms with Crippen LogP contribution in [0.4, 0.5) is 0 Å². The second-order valence-electron chi connectivity index (χ2n) is 5.29. The Labute approximate surface area is 140 Å². The van der Waals surface area contributed by atoms with E-state index >= 15 is 0 Å². The van der Waals surface area contributed by atoms with E-state index in [2.05, 4.69) is 5.32 Å². The largest absolute Gasteiger partial charge is 0.508 e. The van der Waals surface area contributed by atoms with Crippen LogP contribution in [0, 0.1) is 0 Å². The number of hydrogen-bond acceptors (Lipinski definition) is 5. The number of hydrogen-bond donors (Lipinski definition) is 3. The number of benzene rings is 2. The normalized spacial score (nSPS) is 13.0. The molecule has 24 heavy (non-hydrogen) atoms. The van der Waals surface area contributed by atoms with E-state index in [0.29, 0.717) is 17.1 Å². The van der Waals surface area contributed by atoms with Crippen molar-refractivity contribution in [2.24, 2.45) is 0 Å². The lowest BCUT2D eigenvalue weighted by atomic mass is 10.1. The molecule has 0 saturated carbocycles. The molecule has 2 rings (SSSR count). The lowest BCUT2D eigenvalue weighted by Crippen LogP contribution is -2.38. The summed E-state index contributed by atoms with van der Waals surface area (Å²) in [4.78, 5) is 12.0. The van der Waals surface area contributed by atoms with Gasteiger partial charge in [-0.1, -0.05) is 12.1 Å². The molecule has 0 bridgehead atoms. The fraction of sp³-hybridized carbons (Fsp3) is 0.278. The van der Waals surface area contributed by atoms with Crippen molar-refractivity contribution in [2.45, 2.75) is 19.1 Å². The molecule has 0 saturated heterocycles. The predicted molar refractivity (Wildman–Crippen MR) is 89.2 cm³/mol. The van der Waals surface area contributed by atoms with Gasteiger partial charge in [-0.3, -0.25) is 4.79 Å². The quantitative estimate of drug-likeness (QED) is 0.722. The van der Waals surface area contributed by atoms with Crippen LogP contribution >= 0.6 is 0 Å².